The van der Waals surface area contributed by atoms with Gasteiger partial charge in [-0.25, -0.2) is 0 Å². The standard InChI is InChI=1S/C14H15NO/c15-9-14(5-6-14)12-7-10-3-1-2-4-11(10)8-13(12)16/h1-4,7-8,16H,5-6,9,15H2. The molecule has 16 heavy (non-hydrogen) atoms. The molecule has 0 bridgehead atoms. The number of phenols is 1. The monoisotopic (exact) mass is 213 g/mol. The molecule has 1 aliphatic carbocycles. The second kappa shape index (κ2) is 3.22. The summed E-state index contributed by atoms with van der Waals surface area (Å²) in [7, 11) is 0. The number of benzene rings is 2. The van der Waals surface area contributed by atoms with Gasteiger partial charge in [-0.05, 0) is 35.7 Å². The van der Waals surface area contributed by atoms with Gasteiger partial charge in [-0.1, -0.05) is 24.3 Å². The number of rotatable bonds is 2. The lowest BCUT2D eigenvalue weighted by Gasteiger charge is -2.15. The normalized spacial score (nSPS) is 17.6. The molecule has 2 aromatic rings. The molecule has 0 atom stereocenters. The van der Waals surface area contributed by atoms with Crippen LogP contribution in [0.25, 0.3) is 10.8 Å². The number of aromatic hydroxyl groups is 1. The van der Waals surface area contributed by atoms with E-state index in [0.717, 1.165) is 23.8 Å². The Morgan fingerprint density at radius 2 is 1.75 bits per heavy atom. The van der Waals surface area contributed by atoms with E-state index in [9.17, 15) is 5.11 Å². The van der Waals surface area contributed by atoms with Gasteiger partial charge in [0.2, 0.25) is 0 Å². The lowest BCUT2D eigenvalue weighted by Crippen LogP contribution is -2.19. The maximum Gasteiger partial charge on any atom is 0.120 e. The highest BCUT2D eigenvalue weighted by atomic mass is 16.3. The van der Waals surface area contributed by atoms with Crippen molar-refractivity contribution in [2.75, 3.05) is 6.54 Å². The van der Waals surface area contributed by atoms with Crippen LogP contribution in [0.3, 0.4) is 0 Å². The fourth-order valence-electron chi connectivity index (χ4n) is 2.39. The van der Waals surface area contributed by atoms with E-state index < -0.39 is 0 Å². The summed E-state index contributed by atoms with van der Waals surface area (Å²) in [6.45, 7) is 0.624. The molecule has 2 aromatic carbocycles. The first-order valence-corrected chi connectivity index (χ1v) is 5.67. The summed E-state index contributed by atoms with van der Waals surface area (Å²) in [5.41, 5.74) is 6.87. The lowest BCUT2D eigenvalue weighted by molar-refractivity contribution is 0.460. The van der Waals surface area contributed by atoms with Crippen LogP contribution < -0.4 is 5.73 Å². The van der Waals surface area contributed by atoms with Gasteiger partial charge in [0, 0.05) is 17.5 Å². The van der Waals surface area contributed by atoms with Gasteiger partial charge in [-0.3, -0.25) is 0 Å². The summed E-state index contributed by atoms with van der Waals surface area (Å²) in [4.78, 5) is 0. The molecule has 0 aromatic heterocycles. The molecule has 0 unspecified atom stereocenters. The Kier molecular flexibility index (Phi) is 1.95. The number of hydrogen-bond acceptors (Lipinski definition) is 2. The van der Waals surface area contributed by atoms with E-state index in [4.69, 9.17) is 5.73 Å². The smallest absolute Gasteiger partial charge is 0.120 e. The second-order valence-corrected chi connectivity index (χ2v) is 4.70. The number of phenolic OH excluding ortho intramolecular Hbond substituents is 1. The lowest BCUT2D eigenvalue weighted by atomic mass is 9.92. The summed E-state index contributed by atoms with van der Waals surface area (Å²) in [5.74, 6) is 0.390. The van der Waals surface area contributed by atoms with Gasteiger partial charge in [0.15, 0.2) is 0 Å². The average molecular weight is 213 g/mol. The van der Waals surface area contributed by atoms with E-state index in [2.05, 4.69) is 12.1 Å². The van der Waals surface area contributed by atoms with Gasteiger partial charge in [-0.15, -0.1) is 0 Å². The highest BCUT2D eigenvalue weighted by molar-refractivity contribution is 5.85. The Balaban J connectivity index is 2.22. The first kappa shape index (κ1) is 9.67. The third kappa shape index (κ3) is 1.30. The van der Waals surface area contributed by atoms with E-state index in [1.807, 2.05) is 24.3 Å². The molecule has 0 amide bonds. The molecule has 0 spiro atoms. The minimum atomic E-state index is 0.0497. The summed E-state index contributed by atoms with van der Waals surface area (Å²) in [6.07, 6.45) is 2.19. The largest absolute Gasteiger partial charge is 0.508 e. The Bertz CT molecular complexity index is 543. The zero-order valence-corrected chi connectivity index (χ0v) is 9.11. The Morgan fingerprint density at radius 1 is 1.12 bits per heavy atom. The third-order valence-electron chi connectivity index (χ3n) is 3.68. The van der Waals surface area contributed by atoms with Crippen molar-refractivity contribution in [2.24, 2.45) is 5.73 Å². The maximum absolute atomic E-state index is 10.1. The van der Waals surface area contributed by atoms with E-state index in [1.165, 1.54) is 5.39 Å². The molecule has 1 fully saturated rings. The van der Waals surface area contributed by atoms with Gasteiger partial charge in [-0.2, -0.15) is 0 Å². The summed E-state index contributed by atoms with van der Waals surface area (Å²) < 4.78 is 0. The highest BCUT2D eigenvalue weighted by Crippen LogP contribution is 2.50. The van der Waals surface area contributed by atoms with Gasteiger partial charge < -0.3 is 10.8 Å². The van der Waals surface area contributed by atoms with Crippen molar-refractivity contribution in [3.8, 4) is 5.75 Å². The molecule has 1 saturated carbocycles. The van der Waals surface area contributed by atoms with Crippen molar-refractivity contribution in [3.63, 3.8) is 0 Å². The molecule has 2 nitrogen and oxygen atoms in total. The minimum Gasteiger partial charge on any atom is -0.508 e. The molecule has 0 heterocycles. The van der Waals surface area contributed by atoms with Crippen molar-refractivity contribution in [2.45, 2.75) is 18.3 Å². The van der Waals surface area contributed by atoms with Crippen LogP contribution in [-0.4, -0.2) is 11.7 Å². The number of fused-ring (bicyclic) bond motifs is 1. The van der Waals surface area contributed by atoms with Crippen LogP contribution in [0, 0.1) is 0 Å². The molecule has 3 rings (SSSR count). The fourth-order valence-corrected chi connectivity index (χ4v) is 2.39. The van der Waals surface area contributed by atoms with E-state index >= 15 is 0 Å². The Morgan fingerprint density at radius 3 is 2.31 bits per heavy atom. The quantitative estimate of drug-likeness (QED) is 0.805. The van der Waals surface area contributed by atoms with Crippen molar-refractivity contribution in [1.29, 1.82) is 0 Å². The van der Waals surface area contributed by atoms with E-state index in [-0.39, 0.29) is 5.41 Å². The molecule has 0 radical (unpaired) electrons. The van der Waals surface area contributed by atoms with Crippen LogP contribution in [0.1, 0.15) is 18.4 Å². The molecule has 1 aliphatic rings. The highest BCUT2D eigenvalue weighted by Gasteiger charge is 2.44. The fraction of sp³-hybridized carbons (Fsp3) is 0.286. The summed E-state index contributed by atoms with van der Waals surface area (Å²) >= 11 is 0. The first-order valence-electron chi connectivity index (χ1n) is 5.67. The topological polar surface area (TPSA) is 46.2 Å². The molecule has 82 valence electrons. The van der Waals surface area contributed by atoms with Crippen LogP contribution >= 0.6 is 0 Å². The summed E-state index contributed by atoms with van der Waals surface area (Å²) in [6, 6.07) is 12.0. The van der Waals surface area contributed by atoms with Crippen molar-refractivity contribution in [1.82, 2.24) is 0 Å². The van der Waals surface area contributed by atoms with Gasteiger partial charge in [0.05, 0.1) is 0 Å². The third-order valence-corrected chi connectivity index (χ3v) is 3.68. The average Bonchev–Trinajstić information content (AvgIpc) is 3.09. The summed E-state index contributed by atoms with van der Waals surface area (Å²) in [5, 5.41) is 12.3. The van der Waals surface area contributed by atoms with Crippen molar-refractivity contribution >= 4 is 10.8 Å². The molecule has 2 heteroatoms. The zero-order valence-electron chi connectivity index (χ0n) is 9.11. The van der Waals surface area contributed by atoms with E-state index in [1.54, 1.807) is 0 Å². The van der Waals surface area contributed by atoms with Crippen LogP contribution in [0.5, 0.6) is 5.75 Å². The van der Waals surface area contributed by atoms with Gasteiger partial charge in [0.25, 0.3) is 0 Å². The second-order valence-electron chi connectivity index (χ2n) is 4.70. The number of nitrogens with two attached hydrogens (primary N) is 1. The van der Waals surface area contributed by atoms with Gasteiger partial charge >= 0.3 is 0 Å². The molecule has 0 aliphatic heterocycles. The van der Waals surface area contributed by atoms with Crippen LogP contribution in [0.15, 0.2) is 36.4 Å². The Hall–Kier alpha value is -1.54. The van der Waals surface area contributed by atoms with Crippen molar-refractivity contribution < 1.29 is 5.11 Å². The van der Waals surface area contributed by atoms with Crippen molar-refractivity contribution in [3.05, 3.63) is 42.0 Å². The molecular weight excluding hydrogens is 198 g/mol. The molecule has 0 saturated heterocycles. The Labute approximate surface area is 94.7 Å². The van der Waals surface area contributed by atoms with Crippen LogP contribution in [0.4, 0.5) is 0 Å². The molecule has 3 N–H and O–H groups in total. The minimum absolute atomic E-state index is 0.0497. The SMILES string of the molecule is NCC1(c2cc3ccccc3cc2O)CC1. The van der Waals surface area contributed by atoms with Crippen LogP contribution in [-0.2, 0) is 5.41 Å². The van der Waals surface area contributed by atoms with Crippen LogP contribution in [0.2, 0.25) is 0 Å². The first-order chi connectivity index (χ1) is 7.75. The zero-order chi connectivity index (χ0) is 11.2. The van der Waals surface area contributed by atoms with E-state index in [0.29, 0.717) is 12.3 Å². The number of hydrogen-bond donors (Lipinski definition) is 2. The molecular formula is C14H15NO. The predicted octanol–water partition coefficient (Wildman–Crippen LogP) is 2.54. The maximum atomic E-state index is 10.1. The van der Waals surface area contributed by atoms with Gasteiger partial charge in [0.1, 0.15) is 5.75 Å². The predicted molar refractivity (Wildman–Crippen MR) is 65.6 cm³/mol.